The minimum Gasteiger partial charge on any atom is -0.497 e. The highest BCUT2D eigenvalue weighted by molar-refractivity contribution is 5.93. The SMILES string of the molecule is COc1ccc([C@@H](C)NC(=O)c2cc(-c3ccco3)[nH]n2)c(OC)c1. The predicted octanol–water partition coefficient (Wildman–Crippen LogP) is 3.18. The molecular formula is C18H19N3O4. The Hall–Kier alpha value is -3.22. The van der Waals surface area contributed by atoms with Crippen LogP contribution in [0.4, 0.5) is 0 Å². The third-order valence-electron chi connectivity index (χ3n) is 3.85. The smallest absolute Gasteiger partial charge is 0.272 e. The summed E-state index contributed by atoms with van der Waals surface area (Å²) in [6.07, 6.45) is 1.56. The number of ether oxygens (including phenoxy) is 2. The van der Waals surface area contributed by atoms with Crippen LogP contribution in [0.2, 0.25) is 0 Å². The fourth-order valence-corrected chi connectivity index (χ4v) is 2.52. The summed E-state index contributed by atoms with van der Waals surface area (Å²) >= 11 is 0. The molecule has 3 aromatic rings. The maximum atomic E-state index is 12.4. The number of methoxy groups -OCH3 is 2. The average molecular weight is 341 g/mol. The number of benzene rings is 1. The number of nitrogens with zero attached hydrogens (tertiary/aromatic N) is 1. The van der Waals surface area contributed by atoms with Gasteiger partial charge in [-0.3, -0.25) is 9.89 Å². The molecule has 0 fully saturated rings. The van der Waals surface area contributed by atoms with Crippen molar-refractivity contribution in [3.05, 3.63) is 53.9 Å². The van der Waals surface area contributed by atoms with Crippen LogP contribution >= 0.6 is 0 Å². The second-order valence-corrected chi connectivity index (χ2v) is 5.45. The van der Waals surface area contributed by atoms with Gasteiger partial charge in [-0.05, 0) is 31.2 Å². The zero-order valence-corrected chi connectivity index (χ0v) is 14.2. The number of furan rings is 1. The zero-order valence-electron chi connectivity index (χ0n) is 14.2. The Bertz CT molecular complexity index is 855. The molecule has 25 heavy (non-hydrogen) atoms. The Morgan fingerprint density at radius 1 is 1.24 bits per heavy atom. The lowest BCUT2D eigenvalue weighted by Gasteiger charge is -2.17. The molecule has 3 rings (SSSR count). The van der Waals surface area contributed by atoms with E-state index in [0.717, 1.165) is 5.56 Å². The molecule has 0 aliphatic heterocycles. The van der Waals surface area contributed by atoms with Crippen molar-refractivity contribution in [1.82, 2.24) is 15.5 Å². The highest BCUT2D eigenvalue weighted by atomic mass is 16.5. The number of H-pyrrole nitrogens is 1. The quantitative estimate of drug-likeness (QED) is 0.719. The molecule has 0 unspecified atom stereocenters. The van der Waals surface area contributed by atoms with Crippen molar-refractivity contribution < 1.29 is 18.7 Å². The molecular weight excluding hydrogens is 322 g/mol. The van der Waals surface area contributed by atoms with Crippen LogP contribution < -0.4 is 14.8 Å². The number of aromatic amines is 1. The first kappa shape index (κ1) is 16.6. The zero-order chi connectivity index (χ0) is 17.8. The van der Waals surface area contributed by atoms with Gasteiger partial charge in [-0.1, -0.05) is 0 Å². The Morgan fingerprint density at radius 2 is 2.08 bits per heavy atom. The van der Waals surface area contributed by atoms with Gasteiger partial charge in [-0.25, -0.2) is 0 Å². The van der Waals surface area contributed by atoms with Crippen LogP contribution in [0.3, 0.4) is 0 Å². The van der Waals surface area contributed by atoms with Crippen LogP contribution in [0.1, 0.15) is 29.0 Å². The van der Waals surface area contributed by atoms with Gasteiger partial charge in [-0.15, -0.1) is 0 Å². The molecule has 0 radical (unpaired) electrons. The maximum Gasteiger partial charge on any atom is 0.272 e. The molecule has 0 spiro atoms. The van der Waals surface area contributed by atoms with Crippen molar-refractivity contribution in [2.45, 2.75) is 13.0 Å². The van der Waals surface area contributed by atoms with Crippen LogP contribution in [0.15, 0.2) is 47.1 Å². The third-order valence-corrected chi connectivity index (χ3v) is 3.85. The molecule has 2 N–H and O–H groups in total. The number of amides is 1. The van der Waals surface area contributed by atoms with E-state index in [2.05, 4.69) is 15.5 Å². The van der Waals surface area contributed by atoms with Crippen LogP contribution in [0, 0.1) is 0 Å². The van der Waals surface area contributed by atoms with Crippen LogP contribution in [0.5, 0.6) is 11.5 Å². The van der Waals surface area contributed by atoms with E-state index in [1.54, 1.807) is 44.7 Å². The highest BCUT2D eigenvalue weighted by Gasteiger charge is 2.18. The largest absolute Gasteiger partial charge is 0.497 e. The Labute approximate surface area is 145 Å². The topological polar surface area (TPSA) is 89.4 Å². The van der Waals surface area contributed by atoms with E-state index in [-0.39, 0.29) is 17.6 Å². The molecule has 7 nitrogen and oxygen atoms in total. The molecule has 1 aromatic carbocycles. The number of rotatable bonds is 6. The molecule has 2 aromatic heterocycles. The fraction of sp³-hybridized carbons (Fsp3) is 0.222. The number of carbonyl (C=O) groups is 1. The molecule has 0 bridgehead atoms. The van der Waals surface area contributed by atoms with Gasteiger partial charge in [0.1, 0.15) is 17.2 Å². The van der Waals surface area contributed by atoms with E-state index >= 15 is 0 Å². The van der Waals surface area contributed by atoms with E-state index in [1.165, 1.54) is 0 Å². The molecule has 7 heteroatoms. The molecule has 1 amide bonds. The van der Waals surface area contributed by atoms with Crippen LogP contribution in [-0.4, -0.2) is 30.3 Å². The Balaban J connectivity index is 1.75. The van der Waals surface area contributed by atoms with Gasteiger partial charge in [0.2, 0.25) is 0 Å². The second kappa shape index (κ2) is 7.12. The summed E-state index contributed by atoms with van der Waals surface area (Å²) in [5.41, 5.74) is 1.77. The first-order chi connectivity index (χ1) is 12.1. The lowest BCUT2D eigenvalue weighted by Crippen LogP contribution is -2.27. The monoisotopic (exact) mass is 341 g/mol. The summed E-state index contributed by atoms with van der Waals surface area (Å²) in [7, 11) is 3.17. The molecule has 0 aliphatic rings. The molecule has 0 aliphatic carbocycles. The van der Waals surface area contributed by atoms with Gasteiger partial charge in [0.05, 0.1) is 26.5 Å². The fourth-order valence-electron chi connectivity index (χ4n) is 2.52. The van der Waals surface area contributed by atoms with Crippen LogP contribution in [-0.2, 0) is 0 Å². The van der Waals surface area contributed by atoms with Gasteiger partial charge in [0.15, 0.2) is 11.5 Å². The normalized spacial score (nSPS) is 11.8. The minimum atomic E-state index is -0.292. The van der Waals surface area contributed by atoms with Gasteiger partial charge in [-0.2, -0.15) is 5.10 Å². The standard InChI is InChI=1S/C18H19N3O4/c1-11(13-7-6-12(23-2)9-17(13)24-3)19-18(22)15-10-14(20-21-15)16-5-4-8-25-16/h4-11H,1-3H3,(H,19,22)(H,20,21)/t11-/m1/s1. The lowest BCUT2D eigenvalue weighted by molar-refractivity contribution is 0.0934. The second-order valence-electron chi connectivity index (χ2n) is 5.45. The third kappa shape index (κ3) is 3.50. The number of aromatic nitrogens is 2. The summed E-state index contributed by atoms with van der Waals surface area (Å²) < 4.78 is 15.9. The maximum absolute atomic E-state index is 12.4. The van der Waals surface area contributed by atoms with Crippen molar-refractivity contribution in [2.24, 2.45) is 0 Å². The van der Waals surface area contributed by atoms with Crippen molar-refractivity contribution in [1.29, 1.82) is 0 Å². The molecule has 2 heterocycles. The van der Waals surface area contributed by atoms with Gasteiger partial charge >= 0.3 is 0 Å². The predicted molar refractivity (Wildman–Crippen MR) is 91.7 cm³/mol. The summed E-state index contributed by atoms with van der Waals surface area (Å²) in [4.78, 5) is 12.4. The van der Waals surface area contributed by atoms with Gasteiger partial charge < -0.3 is 19.2 Å². The van der Waals surface area contributed by atoms with E-state index < -0.39 is 0 Å². The molecule has 0 saturated heterocycles. The van der Waals surface area contributed by atoms with E-state index in [4.69, 9.17) is 13.9 Å². The number of hydrogen-bond acceptors (Lipinski definition) is 5. The summed E-state index contributed by atoms with van der Waals surface area (Å²) in [5, 5.41) is 9.74. The molecule has 1 atom stereocenters. The Kier molecular flexibility index (Phi) is 4.74. The van der Waals surface area contributed by atoms with Crippen LogP contribution in [0.25, 0.3) is 11.5 Å². The summed E-state index contributed by atoms with van der Waals surface area (Å²) in [5.74, 6) is 1.66. The van der Waals surface area contributed by atoms with Gasteiger partial charge in [0, 0.05) is 17.7 Å². The molecule has 130 valence electrons. The van der Waals surface area contributed by atoms with Crippen molar-refractivity contribution in [3.63, 3.8) is 0 Å². The Morgan fingerprint density at radius 3 is 2.76 bits per heavy atom. The first-order valence-electron chi connectivity index (χ1n) is 7.74. The minimum absolute atomic E-state index is 0.267. The number of carbonyl (C=O) groups excluding carboxylic acids is 1. The van der Waals surface area contributed by atoms with E-state index in [9.17, 15) is 4.79 Å². The van der Waals surface area contributed by atoms with Gasteiger partial charge in [0.25, 0.3) is 5.91 Å². The van der Waals surface area contributed by atoms with Crippen molar-refractivity contribution in [2.75, 3.05) is 14.2 Å². The average Bonchev–Trinajstić information content (AvgIpc) is 3.32. The first-order valence-corrected chi connectivity index (χ1v) is 7.74. The van der Waals surface area contributed by atoms with E-state index in [1.807, 2.05) is 19.1 Å². The lowest BCUT2D eigenvalue weighted by atomic mass is 10.1. The number of nitrogens with one attached hydrogen (secondary N) is 2. The number of hydrogen-bond donors (Lipinski definition) is 2. The summed E-state index contributed by atoms with van der Waals surface area (Å²) in [6, 6.07) is 10.4. The summed E-state index contributed by atoms with van der Waals surface area (Å²) in [6.45, 7) is 1.88. The highest BCUT2D eigenvalue weighted by Crippen LogP contribution is 2.29. The van der Waals surface area contributed by atoms with E-state index in [0.29, 0.717) is 23.0 Å². The van der Waals surface area contributed by atoms with Crippen molar-refractivity contribution >= 4 is 5.91 Å². The molecule has 0 saturated carbocycles. The van der Waals surface area contributed by atoms with Crippen molar-refractivity contribution in [3.8, 4) is 23.0 Å².